The van der Waals surface area contributed by atoms with Gasteiger partial charge in [0.15, 0.2) is 0 Å². The molecule has 2 aromatic carbocycles. The molecule has 0 radical (unpaired) electrons. The number of anilines is 1. The molecule has 0 aliphatic carbocycles. The fourth-order valence-electron chi connectivity index (χ4n) is 3.77. The number of benzene rings is 2. The largest absolute Gasteiger partial charge is 0.312 e. The van der Waals surface area contributed by atoms with Crippen molar-refractivity contribution in [2.75, 3.05) is 18.0 Å². The Kier molecular flexibility index (Phi) is 4.07. The molecule has 132 valence electrons. The average molecular weight is 348 g/mol. The summed E-state index contributed by atoms with van der Waals surface area (Å²) in [5.41, 5.74) is 4.16. The van der Waals surface area contributed by atoms with E-state index < -0.39 is 0 Å². The number of carbonyl (C=O) groups excluding carboxylic acids is 3. The van der Waals surface area contributed by atoms with Gasteiger partial charge in [0, 0.05) is 25.2 Å². The summed E-state index contributed by atoms with van der Waals surface area (Å²) in [6, 6.07) is 12.9. The van der Waals surface area contributed by atoms with E-state index in [-0.39, 0.29) is 30.7 Å². The summed E-state index contributed by atoms with van der Waals surface area (Å²) in [4.78, 5) is 40.6. The van der Waals surface area contributed by atoms with Crippen LogP contribution in [0.3, 0.4) is 0 Å². The zero-order chi connectivity index (χ0) is 18.3. The number of nitrogens with zero attached hydrogens (tertiary/aromatic N) is 2. The Morgan fingerprint density at radius 3 is 2.42 bits per heavy atom. The minimum atomic E-state index is -0.312. The quantitative estimate of drug-likeness (QED) is 0.802. The number of fused-ring (bicyclic) bond motifs is 2. The van der Waals surface area contributed by atoms with E-state index in [1.807, 2.05) is 19.1 Å². The lowest BCUT2D eigenvalue weighted by Gasteiger charge is -2.30. The Morgan fingerprint density at radius 1 is 1.04 bits per heavy atom. The van der Waals surface area contributed by atoms with Gasteiger partial charge in [0.05, 0.1) is 11.1 Å². The average Bonchev–Trinajstić information content (AvgIpc) is 2.90. The highest BCUT2D eigenvalue weighted by Gasteiger charge is 2.35. The third-order valence-corrected chi connectivity index (χ3v) is 5.08. The Bertz CT molecular complexity index is 884. The van der Waals surface area contributed by atoms with Gasteiger partial charge in [-0.1, -0.05) is 29.8 Å². The van der Waals surface area contributed by atoms with Crippen LogP contribution in [0.5, 0.6) is 0 Å². The molecular weight excluding hydrogens is 328 g/mol. The smallest absolute Gasteiger partial charge is 0.261 e. The highest BCUT2D eigenvalue weighted by Crippen LogP contribution is 2.29. The summed E-state index contributed by atoms with van der Waals surface area (Å²) in [6.45, 7) is 2.84. The topological polar surface area (TPSA) is 57.7 Å². The summed E-state index contributed by atoms with van der Waals surface area (Å²) in [5, 5.41) is 0. The third kappa shape index (κ3) is 2.69. The Balaban J connectivity index is 1.48. The van der Waals surface area contributed by atoms with Gasteiger partial charge in [0.1, 0.15) is 0 Å². The summed E-state index contributed by atoms with van der Waals surface area (Å²) >= 11 is 0. The van der Waals surface area contributed by atoms with Crippen molar-refractivity contribution in [1.82, 2.24) is 4.90 Å². The van der Waals surface area contributed by atoms with Gasteiger partial charge in [-0.3, -0.25) is 19.3 Å². The first kappa shape index (κ1) is 16.5. The van der Waals surface area contributed by atoms with Gasteiger partial charge >= 0.3 is 0 Å². The SMILES string of the molecule is Cc1ccc2c(c1)CCCN2C(=O)CCN1C(=O)c2ccccc2C1=O. The van der Waals surface area contributed by atoms with Crippen LogP contribution < -0.4 is 4.90 Å². The number of hydrogen-bond donors (Lipinski definition) is 0. The molecule has 2 aromatic rings. The van der Waals surface area contributed by atoms with Crippen molar-refractivity contribution in [3.8, 4) is 0 Å². The lowest BCUT2D eigenvalue weighted by molar-refractivity contribution is -0.118. The van der Waals surface area contributed by atoms with Gasteiger partial charge < -0.3 is 4.90 Å². The lowest BCUT2D eigenvalue weighted by atomic mass is 9.99. The first-order chi connectivity index (χ1) is 12.6. The van der Waals surface area contributed by atoms with E-state index in [0.717, 1.165) is 18.5 Å². The third-order valence-electron chi connectivity index (χ3n) is 5.08. The van der Waals surface area contributed by atoms with Crippen molar-refractivity contribution in [2.24, 2.45) is 0 Å². The fourth-order valence-corrected chi connectivity index (χ4v) is 3.77. The van der Waals surface area contributed by atoms with Crippen LogP contribution >= 0.6 is 0 Å². The molecule has 0 unspecified atom stereocenters. The minimum Gasteiger partial charge on any atom is -0.312 e. The normalized spacial score (nSPS) is 15.9. The first-order valence-electron chi connectivity index (χ1n) is 8.91. The molecular formula is C21H20N2O3. The molecule has 0 saturated heterocycles. The highest BCUT2D eigenvalue weighted by atomic mass is 16.2. The maximum Gasteiger partial charge on any atom is 0.261 e. The molecule has 2 aliphatic rings. The van der Waals surface area contributed by atoms with Gasteiger partial charge in [-0.25, -0.2) is 0 Å². The molecule has 2 aliphatic heterocycles. The second-order valence-electron chi connectivity index (χ2n) is 6.84. The minimum absolute atomic E-state index is 0.0497. The molecule has 4 rings (SSSR count). The lowest BCUT2D eigenvalue weighted by Crippen LogP contribution is -2.39. The van der Waals surface area contributed by atoms with E-state index in [1.54, 1.807) is 29.2 Å². The zero-order valence-electron chi connectivity index (χ0n) is 14.7. The van der Waals surface area contributed by atoms with E-state index >= 15 is 0 Å². The van der Waals surface area contributed by atoms with Crippen molar-refractivity contribution in [3.05, 3.63) is 64.7 Å². The van der Waals surface area contributed by atoms with Crippen LogP contribution in [-0.4, -0.2) is 35.7 Å². The number of amides is 3. The van der Waals surface area contributed by atoms with Gasteiger partial charge in [-0.2, -0.15) is 0 Å². The van der Waals surface area contributed by atoms with Crippen LogP contribution in [0.25, 0.3) is 0 Å². The van der Waals surface area contributed by atoms with Crippen LogP contribution in [0.2, 0.25) is 0 Å². The van der Waals surface area contributed by atoms with Crippen molar-refractivity contribution in [3.63, 3.8) is 0 Å². The Hall–Kier alpha value is -2.95. The molecule has 0 saturated carbocycles. The maximum absolute atomic E-state index is 12.8. The van der Waals surface area contributed by atoms with E-state index in [2.05, 4.69) is 6.07 Å². The second kappa shape index (κ2) is 6.41. The predicted molar refractivity (Wildman–Crippen MR) is 98.3 cm³/mol. The second-order valence-corrected chi connectivity index (χ2v) is 6.84. The molecule has 0 bridgehead atoms. The molecule has 0 N–H and O–H groups in total. The number of aryl methyl sites for hydroxylation is 2. The Labute approximate surface area is 152 Å². The molecule has 2 heterocycles. The van der Waals surface area contributed by atoms with Gasteiger partial charge in [0.25, 0.3) is 11.8 Å². The van der Waals surface area contributed by atoms with E-state index in [4.69, 9.17) is 0 Å². The zero-order valence-corrected chi connectivity index (χ0v) is 14.7. The summed E-state index contributed by atoms with van der Waals surface area (Å²) in [7, 11) is 0. The van der Waals surface area contributed by atoms with Crippen LogP contribution in [-0.2, 0) is 11.2 Å². The van der Waals surface area contributed by atoms with E-state index in [9.17, 15) is 14.4 Å². The van der Waals surface area contributed by atoms with Crippen LogP contribution in [0, 0.1) is 6.92 Å². The number of imide groups is 1. The molecule has 3 amide bonds. The van der Waals surface area contributed by atoms with Crippen LogP contribution in [0.1, 0.15) is 44.7 Å². The number of carbonyl (C=O) groups is 3. The van der Waals surface area contributed by atoms with Crippen molar-refractivity contribution < 1.29 is 14.4 Å². The molecule has 0 aromatic heterocycles. The first-order valence-corrected chi connectivity index (χ1v) is 8.91. The predicted octanol–water partition coefficient (Wildman–Crippen LogP) is 2.96. The molecule has 5 heteroatoms. The summed E-state index contributed by atoms with van der Waals surface area (Å²) in [5.74, 6) is -0.674. The number of hydrogen-bond acceptors (Lipinski definition) is 3. The summed E-state index contributed by atoms with van der Waals surface area (Å²) < 4.78 is 0. The van der Waals surface area contributed by atoms with Crippen molar-refractivity contribution >= 4 is 23.4 Å². The molecule has 0 spiro atoms. The number of rotatable bonds is 3. The van der Waals surface area contributed by atoms with Gasteiger partial charge in [0.2, 0.25) is 5.91 Å². The van der Waals surface area contributed by atoms with E-state index in [1.165, 1.54) is 16.0 Å². The Morgan fingerprint density at radius 2 is 1.73 bits per heavy atom. The van der Waals surface area contributed by atoms with Crippen molar-refractivity contribution in [2.45, 2.75) is 26.2 Å². The fraction of sp³-hybridized carbons (Fsp3) is 0.286. The van der Waals surface area contributed by atoms with Crippen molar-refractivity contribution in [1.29, 1.82) is 0 Å². The molecule has 5 nitrogen and oxygen atoms in total. The summed E-state index contributed by atoms with van der Waals surface area (Å²) in [6.07, 6.45) is 2.03. The van der Waals surface area contributed by atoms with E-state index in [0.29, 0.717) is 17.7 Å². The molecule has 0 atom stereocenters. The van der Waals surface area contributed by atoms with Gasteiger partial charge in [-0.05, 0) is 43.5 Å². The standard InChI is InChI=1S/C21H20N2O3/c1-14-8-9-18-15(13-14)5-4-11-22(18)19(24)10-12-23-20(25)16-6-2-3-7-17(16)21(23)26/h2-3,6-9,13H,4-5,10-12H2,1H3. The van der Waals surface area contributed by atoms with Gasteiger partial charge in [-0.15, -0.1) is 0 Å². The van der Waals surface area contributed by atoms with Crippen LogP contribution in [0.4, 0.5) is 5.69 Å². The molecule has 26 heavy (non-hydrogen) atoms. The molecule has 0 fully saturated rings. The van der Waals surface area contributed by atoms with Crippen LogP contribution in [0.15, 0.2) is 42.5 Å². The monoisotopic (exact) mass is 348 g/mol. The highest BCUT2D eigenvalue weighted by molar-refractivity contribution is 6.21. The maximum atomic E-state index is 12.8.